The van der Waals surface area contributed by atoms with Crippen molar-refractivity contribution in [2.75, 3.05) is 18.5 Å². The minimum absolute atomic E-state index is 0.345. The third-order valence-corrected chi connectivity index (χ3v) is 3.51. The van der Waals surface area contributed by atoms with Gasteiger partial charge in [-0.05, 0) is 35.9 Å². The predicted octanol–water partition coefficient (Wildman–Crippen LogP) is 4.52. The van der Waals surface area contributed by atoms with Crippen LogP contribution in [-0.2, 0) is 6.54 Å². The van der Waals surface area contributed by atoms with Gasteiger partial charge in [-0.1, -0.05) is 23.2 Å². The maximum Gasteiger partial charge on any atom is 0.179 e. The van der Waals surface area contributed by atoms with Crippen LogP contribution >= 0.6 is 23.2 Å². The van der Waals surface area contributed by atoms with Crippen LogP contribution in [0.5, 0.6) is 11.5 Å². The molecule has 0 amide bonds. The van der Waals surface area contributed by atoms with E-state index in [0.29, 0.717) is 47.0 Å². The molecule has 6 heteroatoms. The van der Waals surface area contributed by atoms with Crippen molar-refractivity contribution in [2.24, 2.45) is 0 Å². The number of anilines is 1. The number of benzene rings is 2. The lowest BCUT2D eigenvalue weighted by atomic mass is 10.2. The van der Waals surface area contributed by atoms with Gasteiger partial charge >= 0.3 is 0 Å². The SMILES string of the molecule is Fc1cc(Cl)cc(NCc2cc(Cl)c3c(c2)OCCO3)c1. The first-order valence-corrected chi connectivity index (χ1v) is 7.15. The molecule has 3 rings (SSSR count). The van der Waals surface area contributed by atoms with Crippen LogP contribution in [0.3, 0.4) is 0 Å². The first-order chi connectivity index (χ1) is 10.1. The lowest BCUT2D eigenvalue weighted by molar-refractivity contribution is 0.171. The molecule has 0 fully saturated rings. The Morgan fingerprint density at radius 3 is 2.67 bits per heavy atom. The van der Waals surface area contributed by atoms with Crippen molar-refractivity contribution in [3.05, 3.63) is 51.8 Å². The van der Waals surface area contributed by atoms with Gasteiger partial charge in [0.05, 0.1) is 5.02 Å². The highest BCUT2D eigenvalue weighted by Gasteiger charge is 2.16. The molecule has 110 valence electrons. The van der Waals surface area contributed by atoms with Crippen LogP contribution in [0, 0.1) is 5.82 Å². The van der Waals surface area contributed by atoms with Gasteiger partial charge in [0, 0.05) is 17.3 Å². The lowest BCUT2D eigenvalue weighted by Crippen LogP contribution is -2.16. The molecule has 2 aromatic rings. The second-order valence-corrected chi connectivity index (χ2v) is 5.46. The molecule has 0 unspecified atom stereocenters. The molecule has 2 aromatic carbocycles. The number of hydrogen-bond donors (Lipinski definition) is 1. The van der Waals surface area contributed by atoms with Gasteiger partial charge in [0.25, 0.3) is 0 Å². The fourth-order valence-corrected chi connectivity index (χ4v) is 2.64. The van der Waals surface area contributed by atoms with Crippen LogP contribution in [0.1, 0.15) is 5.56 Å². The molecule has 21 heavy (non-hydrogen) atoms. The number of ether oxygens (including phenoxy) is 2. The van der Waals surface area contributed by atoms with Gasteiger partial charge in [-0.25, -0.2) is 4.39 Å². The summed E-state index contributed by atoms with van der Waals surface area (Å²) in [6, 6.07) is 7.95. The average Bonchev–Trinajstić information content (AvgIpc) is 2.44. The minimum atomic E-state index is -0.384. The average molecular weight is 328 g/mol. The number of rotatable bonds is 3. The maximum absolute atomic E-state index is 13.3. The van der Waals surface area contributed by atoms with E-state index in [1.165, 1.54) is 12.1 Å². The van der Waals surface area contributed by atoms with E-state index < -0.39 is 0 Å². The summed E-state index contributed by atoms with van der Waals surface area (Å²) in [6.45, 7) is 1.46. The topological polar surface area (TPSA) is 30.5 Å². The van der Waals surface area contributed by atoms with Gasteiger partial charge in [0.15, 0.2) is 11.5 Å². The van der Waals surface area contributed by atoms with Gasteiger partial charge in [-0.3, -0.25) is 0 Å². The van der Waals surface area contributed by atoms with E-state index in [9.17, 15) is 4.39 Å². The lowest BCUT2D eigenvalue weighted by Gasteiger charge is -2.20. The molecule has 3 nitrogen and oxygen atoms in total. The molecular formula is C15H12Cl2FNO2. The molecule has 0 atom stereocenters. The van der Waals surface area contributed by atoms with E-state index in [0.717, 1.165) is 5.56 Å². The van der Waals surface area contributed by atoms with Crippen molar-refractivity contribution < 1.29 is 13.9 Å². The van der Waals surface area contributed by atoms with E-state index in [-0.39, 0.29) is 5.82 Å². The molecule has 1 aliphatic heterocycles. The Labute approximate surface area is 131 Å². The maximum atomic E-state index is 13.3. The van der Waals surface area contributed by atoms with E-state index >= 15 is 0 Å². The summed E-state index contributed by atoms with van der Waals surface area (Å²) in [5.41, 5.74) is 1.51. The molecule has 1 N–H and O–H groups in total. The molecule has 0 bridgehead atoms. The van der Waals surface area contributed by atoms with Crippen molar-refractivity contribution in [1.82, 2.24) is 0 Å². The summed E-state index contributed by atoms with van der Waals surface area (Å²) in [6.07, 6.45) is 0. The zero-order valence-electron chi connectivity index (χ0n) is 11.0. The highest BCUT2D eigenvalue weighted by atomic mass is 35.5. The third kappa shape index (κ3) is 3.34. The van der Waals surface area contributed by atoms with Crippen molar-refractivity contribution in [2.45, 2.75) is 6.54 Å². The Kier molecular flexibility index (Phi) is 4.08. The summed E-state index contributed by atoms with van der Waals surface area (Å²) in [4.78, 5) is 0. The predicted molar refractivity (Wildman–Crippen MR) is 81.2 cm³/mol. The Bertz CT molecular complexity index is 659. The Hall–Kier alpha value is -1.65. The smallest absolute Gasteiger partial charge is 0.179 e. The van der Waals surface area contributed by atoms with Crippen LogP contribution < -0.4 is 14.8 Å². The van der Waals surface area contributed by atoms with E-state index in [1.54, 1.807) is 12.1 Å². The normalized spacial score (nSPS) is 13.1. The highest BCUT2D eigenvalue weighted by molar-refractivity contribution is 6.32. The minimum Gasteiger partial charge on any atom is -0.486 e. The molecule has 1 heterocycles. The first kappa shape index (κ1) is 14.3. The Morgan fingerprint density at radius 2 is 1.86 bits per heavy atom. The summed E-state index contributed by atoms with van der Waals surface area (Å²) >= 11 is 12.0. The highest BCUT2D eigenvalue weighted by Crippen LogP contribution is 2.38. The van der Waals surface area contributed by atoms with E-state index in [1.807, 2.05) is 6.07 Å². The first-order valence-electron chi connectivity index (χ1n) is 6.40. The molecule has 0 saturated carbocycles. The molecule has 0 aromatic heterocycles. The van der Waals surface area contributed by atoms with Gasteiger partial charge in [0.1, 0.15) is 19.0 Å². The van der Waals surface area contributed by atoms with Crippen LogP contribution in [-0.4, -0.2) is 13.2 Å². The van der Waals surface area contributed by atoms with Crippen molar-refractivity contribution >= 4 is 28.9 Å². The van der Waals surface area contributed by atoms with Gasteiger partial charge in [-0.15, -0.1) is 0 Å². The fraction of sp³-hybridized carbons (Fsp3) is 0.200. The summed E-state index contributed by atoms with van der Waals surface area (Å²) in [5, 5.41) is 3.94. The molecule has 0 saturated heterocycles. The van der Waals surface area contributed by atoms with Crippen molar-refractivity contribution in [1.29, 1.82) is 0 Å². The summed E-state index contributed by atoms with van der Waals surface area (Å²) in [7, 11) is 0. The molecule has 0 radical (unpaired) electrons. The summed E-state index contributed by atoms with van der Waals surface area (Å²) < 4.78 is 24.2. The van der Waals surface area contributed by atoms with Gasteiger partial charge in [0.2, 0.25) is 0 Å². The third-order valence-electron chi connectivity index (χ3n) is 3.02. The number of hydrogen-bond acceptors (Lipinski definition) is 3. The monoisotopic (exact) mass is 327 g/mol. The Balaban J connectivity index is 1.77. The van der Waals surface area contributed by atoms with Crippen LogP contribution in [0.15, 0.2) is 30.3 Å². The largest absolute Gasteiger partial charge is 0.486 e. The van der Waals surface area contributed by atoms with Gasteiger partial charge in [-0.2, -0.15) is 0 Å². The molecule has 0 spiro atoms. The standard InChI is InChI=1S/C15H12Cl2FNO2/c16-10-5-11(18)7-12(6-10)19-8-9-3-13(17)15-14(4-9)20-1-2-21-15/h3-7,19H,1-2,8H2. The number of fused-ring (bicyclic) bond motifs is 1. The van der Waals surface area contributed by atoms with Crippen molar-refractivity contribution in [3.8, 4) is 11.5 Å². The van der Waals surface area contributed by atoms with Gasteiger partial charge < -0.3 is 14.8 Å². The van der Waals surface area contributed by atoms with Crippen LogP contribution in [0.2, 0.25) is 10.0 Å². The zero-order chi connectivity index (χ0) is 14.8. The Morgan fingerprint density at radius 1 is 1.05 bits per heavy atom. The summed E-state index contributed by atoms with van der Waals surface area (Å²) in [5.74, 6) is 0.813. The zero-order valence-corrected chi connectivity index (χ0v) is 12.5. The number of halogens is 3. The quantitative estimate of drug-likeness (QED) is 0.899. The van der Waals surface area contributed by atoms with Crippen molar-refractivity contribution in [3.63, 3.8) is 0 Å². The fourth-order valence-electron chi connectivity index (χ4n) is 2.13. The number of nitrogens with one attached hydrogen (secondary N) is 1. The second kappa shape index (κ2) is 6.00. The van der Waals surface area contributed by atoms with E-state index in [4.69, 9.17) is 32.7 Å². The van der Waals surface area contributed by atoms with Crippen LogP contribution in [0.4, 0.5) is 10.1 Å². The molecular weight excluding hydrogens is 316 g/mol. The molecule has 1 aliphatic rings. The molecule has 0 aliphatic carbocycles. The van der Waals surface area contributed by atoms with Crippen LogP contribution in [0.25, 0.3) is 0 Å². The van der Waals surface area contributed by atoms with E-state index in [2.05, 4.69) is 5.32 Å². The second-order valence-electron chi connectivity index (χ2n) is 4.61.